The number of hydrogen-bond acceptors (Lipinski definition) is 4. The van der Waals surface area contributed by atoms with Crippen molar-refractivity contribution in [3.05, 3.63) is 34.0 Å². The van der Waals surface area contributed by atoms with Crippen molar-refractivity contribution in [2.75, 3.05) is 5.32 Å². The number of carboxylic acid groups (broad SMARTS) is 1. The van der Waals surface area contributed by atoms with E-state index in [2.05, 4.69) is 10.4 Å². The van der Waals surface area contributed by atoms with Crippen molar-refractivity contribution in [3.63, 3.8) is 0 Å². The van der Waals surface area contributed by atoms with Crippen molar-refractivity contribution >= 4 is 28.2 Å². The zero-order valence-electron chi connectivity index (χ0n) is 11.4. The number of rotatable bonds is 4. The predicted molar refractivity (Wildman–Crippen MR) is 76.6 cm³/mol. The first-order valence-corrected chi connectivity index (χ1v) is 6.91. The third-order valence-electron chi connectivity index (χ3n) is 2.80. The van der Waals surface area contributed by atoms with Crippen molar-refractivity contribution in [2.45, 2.75) is 20.3 Å². The summed E-state index contributed by atoms with van der Waals surface area (Å²) in [4.78, 5) is 24.2. The van der Waals surface area contributed by atoms with Gasteiger partial charge in [-0.15, -0.1) is 11.3 Å². The van der Waals surface area contributed by atoms with Gasteiger partial charge in [0.05, 0.1) is 16.8 Å². The van der Waals surface area contributed by atoms with Crippen LogP contribution in [0.4, 0.5) is 5.00 Å². The fourth-order valence-electron chi connectivity index (χ4n) is 1.92. The molecule has 6 nitrogen and oxygen atoms in total. The molecule has 0 atom stereocenters. The van der Waals surface area contributed by atoms with Gasteiger partial charge in [-0.25, -0.2) is 4.79 Å². The lowest BCUT2D eigenvalue weighted by Crippen LogP contribution is -2.14. The molecule has 0 aromatic carbocycles. The highest BCUT2D eigenvalue weighted by Gasteiger charge is 2.19. The number of carbonyl (C=O) groups excluding carboxylic acids is 1. The van der Waals surface area contributed by atoms with Crippen LogP contribution in [0, 0.1) is 6.92 Å². The molecule has 0 radical (unpaired) electrons. The van der Waals surface area contributed by atoms with Gasteiger partial charge in [-0.3, -0.25) is 9.48 Å². The second-order valence-corrected chi connectivity index (χ2v) is 5.63. The Kier molecular flexibility index (Phi) is 3.89. The second-order valence-electron chi connectivity index (χ2n) is 4.38. The Hall–Kier alpha value is -2.15. The predicted octanol–water partition coefficient (Wildman–Crippen LogP) is 2.30. The summed E-state index contributed by atoms with van der Waals surface area (Å²) in [6, 6.07) is 1.55. The molecule has 1 amide bonds. The smallest absolute Gasteiger partial charge is 0.338 e. The molecule has 2 N–H and O–H groups in total. The number of carboxylic acids is 1. The van der Waals surface area contributed by atoms with Gasteiger partial charge >= 0.3 is 5.97 Å². The molecule has 0 bridgehead atoms. The Morgan fingerprint density at radius 1 is 1.45 bits per heavy atom. The van der Waals surface area contributed by atoms with Gasteiger partial charge in [0, 0.05) is 18.1 Å². The number of hydrogen-bond donors (Lipinski definition) is 2. The molecule has 0 saturated carbocycles. The van der Waals surface area contributed by atoms with Gasteiger partial charge in [-0.05, 0) is 19.4 Å². The van der Waals surface area contributed by atoms with Crippen molar-refractivity contribution in [2.24, 2.45) is 7.05 Å². The van der Waals surface area contributed by atoms with Crippen molar-refractivity contribution < 1.29 is 14.7 Å². The lowest BCUT2D eigenvalue weighted by Gasteiger charge is -2.03. The number of amides is 1. The van der Waals surface area contributed by atoms with Gasteiger partial charge in [0.1, 0.15) is 5.00 Å². The molecule has 2 rings (SSSR count). The van der Waals surface area contributed by atoms with E-state index in [9.17, 15) is 9.59 Å². The highest BCUT2D eigenvalue weighted by molar-refractivity contribution is 7.16. The molecule has 0 aliphatic carbocycles. The van der Waals surface area contributed by atoms with Crippen LogP contribution in [0.2, 0.25) is 0 Å². The van der Waals surface area contributed by atoms with E-state index in [0.29, 0.717) is 22.7 Å². The number of aromatic nitrogens is 2. The number of anilines is 1. The van der Waals surface area contributed by atoms with E-state index in [1.807, 2.05) is 6.92 Å². The van der Waals surface area contributed by atoms with Gasteiger partial charge < -0.3 is 10.4 Å². The van der Waals surface area contributed by atoms with Crippen LogP contribution in [-0.2, 0) is 13.5 Å². The average molecular weight is 293 g/mol. The molecule has 0 spiro atoms. The maximum absolute atomic E-state index is 12.2. The fraction of sp³-hybridized carbons (Fsp3) is 0.308. The number of nitrogens with one attached hydrogen (secondary N) is 1. The van der Waals surface area contributed by atoms with E-state index in [-0.39, 0.29) is 11.5 Å². The molecule has 0 aliphatic heterocycles. The van der Waals surface area contributed by atoms with Crippen LogP contribution >= 0.6 is 11.3 Å². The Morgan fingerprint density at radius 3 is 2.75 bits per heavy atom. The van der Waals surface area contributed by atoms with Gasteiger partial charge in [0.2, 0.25) is 0 Å². The van der Waals surface area contributed by atoms with Gasteiger partial charge in [-0.1, -0.05) is 6.92 Å². The molecule has 0 aliphatic rings. The fourth-order valence-corrected chi connectivity index (χ4v) is 2.82. The third-order valence-corrected chi connectivity index (χ3v) is 3.76. The van der Waals surface area contributed by atoms with E-state index in [4.69, 9.17) is 5.11 Å². The van der Waals surface area contributed by atoms with Gasteiger partial charge in [0.25, 0.3) is 5.91 Å². The first-order chi connectivity index (χ1) is 9.42. The summed E-state index contributed by atoms with van der Waals surface area (Å²) in [6.07, 6.45) is 2.27. The minimum atomic E-state index is -1.05. The van der Waals surface area contributed by atoms with Crippen LogP contribution in [0.5, 0.6) is 0 Å². The second kappa shape index (κ2) is 5.46. The van der Waals surface area contributed by atoms with Crippen molar-refractivity contribution in [3.8, 4) is 0 Å². The largest absolute Gasteiger partial charge is 0.478 e. The molecule has 7 heteroatoms. The van der Waals surface area contributed by atoms with Crippen LogP contribution in [0.3, 0.4) is 0 Å². The Bertz CT molecular complexity index is 672. The zero-order chi connectivity index (χ0) is 14.9. The minimum Gasteiger partial charge on any atom is -0.478 e. The molecule has 2 aromatic heterocycles. The maximum Gasteiger partial charge on any atom is 0.338 e. The van der Waals surface area contributed by atoms with E-state index in [1.165, 1.54) is 11.3 Å². The van der Waals surface area contributed by atoms with Crippen LogP contribution in [0.1, 0.15) is 38.2 Å². The normalized spacial score (nSPS) is 10.6. The van der Waals surface area contributed by atoms with Gasteiger partial charge in [0.15, 0.2) is 0 Å². The minimum absolute atomic E-state index is 0.114. The standard InChI is InChI=1S/C13H15N3O3S/c1-4-10-9(6-16(3)15-10)11(17)14-12-8(13(18)19)5-7(2)20-12/h5-6H,4H2,1-3H3,(H,14,17)(H,18,19). The number of aromatic carboxylic acids is 1. The summed E-state index contributed by atoms with van der Waals surface area (Å²) in [5.41, 5.74) is 1.27. The molecular weight excluding hydrogens is 278 g/mol. The number of nitrogens with zero attached hydrogens (tertiary/aromatic N) is 2. The van der Waals surface area contributed by atoms with Crippen LogP contribution < -0.4 is 5.32 Å². The summed E-state index contributed by atoms with van der Waals surface area (Å²) in [5, 5.41) is 16.3. The highest BCUT2D eigenvalue weighted by atomic mass is 32.1. The molecular formula is C13H15N3O3S. The van der Waals surface area contributed by atoms with Crippen molar-refractivity contribution in [1.82, 2.24) is 9.78 Å². The van der Waals surface area contributed by atoms with Crippen molar-refractivity contribution in [1.29, 1.82) is 0 Å². The van der Waals surface area contributed by atoms with Crippen LogP contribution in [0.25, 0.3) is 0 Å². The quantitative estimate of drug-likeness (QED) is 0.906. The summed E-state index contributed by atoms with van der Waals surface area (Å²) in [5.74, 6) is -1.38. The van der Waals surface area contributed by atoms with Gasteiger partial charge in [-0.2, -0.15) is 5.10 Å². The summed E-state index contributed by atoms with van der Waals surface area (Å²) in [7, 11) is 1.74. The molecule has 0 saturated heterocycles. The van der Waals surface area contributed by atoms with E-state index in [1.54, 1.807) is 30.9 Å². The molecule has 2 aromatic rings. The van der Waals surface area contributed by atoms with Crippen LogP contribution in [-0.4, -0.2) is 26.8 Å². The summed E-state index contributed by atoms with van der Waals surface area (Å²) < 4.78 is 1.57. The molecule has 2 heterocycles. The monoisotopic (exact) mass is 293 g/mol. The van der Waals surface area contributed by atoms with E-state index in [0.717, 1.165) is 4.88 Å². The van der Waals surface area contributed by atoms with Crippen LogP contribution in [0.15, 0.2) is 12.3 Å². The zero-order valence-corrected chi connectivity index (χ0v) is 12.2. The SMILES string of the molecule is CCc1nn(C)cc1C(=O)Nc1sc(C)cc1C(=O)O. The van der Waals surface area contributed by atoms with E-state index < -0.39 is 5.97 Å². The summed E-state index contributed by atoms with van der Waals surface area (Å²) >= 11 is 1.25. The molecule has 106 valence electrons. The first-order valence-electron chi connectivity index (χ1n) is 6.10. The third kappa shape index (κ3) is 2.72. The number of aryl methyl sites for hydroxylation is 3. The lowest BCUT2D eigenvalue weighted by molar-refractivity contribution is 0.0698. The molecule has 0 unspecified atom stereocenters. The Balaban J connectivity index is 2.30. The lowest BCUT2D eigenvalue weighted by atomic mass is 10.2. The molecule has 0 fully saturated rings. The Morgan fingerprint density at radius 2 is 2.15 bits per heavy atom. The number of thiophene rings is 1. The summed E-state index contributed by atoms with van der Waals surface area (Å²) in [6.45, 7) is 3.71. The molecule has 20 heavy (non-hydrogen) atoms. The first kappa shape index (κ1) is 14.3. The topological polar surface area (TPSA) is 84.2 Å². The maximum atomic E-state index is 12.2. The number of carbonyl (C=O) groups is 2. The average Bonchev–Trinajstić information content (AvgIpc) is 2.92. The van der Waals surface area contributed by atoms with E-state index >= 15 is 0 Å². The Labute approximate surface area is 120 Å². The highest BCUT2D eigenvalue weighted by Crippen LogP contribution is 2.28.